The fourth-order valence-electron chi connectivity index (χ4n) is 1.60. The van der Waals surface area contributed by atoms with Crippen LogP contribution in [0.5, 0.6) is 5.75 Å². The van der Waals surface area contributed by atoms with Gasteiger partial charge >= 0.3 is 0 Å². The second-order valence-electron chi connectivity index (χ2n) is 4.40. The fourth-order valence-corrected chi connectivity index (χ4v) is 1.60. The van der Waals surface area contributed by atoms with Crippen LogP contribution >= 0.6 is 0 Å². The molecule has 5 heteroatoms. The predicted octanol–water partition coefficient (Wildman–Crippen LogP) is 2.00. The number of ether oxygens (including phenoxy) is 1. The summed E-state index contributed by atoms with van der Waals surface area (Å²) in [5.74, 6) is 2.03. The number of aryl methyl sites for hydroxylation is 1. The van der Waals surface area contributed by atoms with Gasteiger partial charge in [0.25, 0.3) is 0 Å². The van der Waals surface area contributed by atoms with Crippen LogP contribution in [0.3, 0.4) is 0 Å². The van der Waals surface area contributed by atoms with Gasteiger partial charge in [0.15, 0.2) is 5.82 Å². The van der Waals surface area contributed by atoms with E-state index in [4.69, 9.17) is 9.26 Å². The first-order valence-corrected chi connectivity index (χ1v) is 6.41. The summed E-state index contributed by atoms with van der Waals surface area (Å²) in [7, 11) is 0. The van der Waals surface area contributed by atoms with Crippen molar-refractivity contribution in [1.29, 1.82) is 0 Å². The van der Waals surface area contributed by atoms with Gasteiger partial charge in [-0.15, -0.1) is 0 Å². The van der Waals surface area contributed by atoms with Crippen LogP contribution in [-0.2, 0) is 12.8 Å². The number of aromatic nitrogens is 2. The highest BCUT2D eigenvalue weighted by Crippen LogP contribution is 2.09. The fraction of sp³-hybridized carbons (Fsp3) is 0.429. The van der Waals surface area contributed by atoms with Crippen molar-refractivity contribution in [2.45, 2.75) is 32.3 Å². The first kappa shape index (κ1) is 13.5. The van der Waals surface area contributed by atoms with Crippen molar-refractivity contribution in [2.24, 2.45) is 0 Å². The van der Waals surface area contributed by atoms with Gasteiger partial charge in [0.05, 0.1) is 12.7 Å². The average molecular weight is 262 g/mol. The van der Waals surface area contributed by atoms with Crippen LogP contribution in [0.25, 0.3) is 0 Å². The number of aliphatic hydroxyl groups excluding tert-OH is 1. The van der Waals surface area contributed by atoms with Gasteiger partial charge in [-0.3, -0.25) is 0 Å². The molecule has 1 aromatic heterocycles. The molecule has 1 atom stereocenters. The van der Waals surface area contributed by atoms with Gasteiger partial charge in [-0.1, -0.05) is 23.4 Å². The largest absolute Gasteiger partial charge is 0.493 e. The van der Waals surface area contributed by atoms with E-state index in [0.29, 0.717) is 37.6 Å². The molecule has 0 fully saturated rings. The highest BCUT2D eigenvalue weighted by atomic mass is 16.5. The highest BCUT2D eigenvalue weighted by molar-refractivity contribution is 5.20. The summed E-state index contributed by atoms with van der Waals surface area (Å²) in [6.07, 6.45) is 1.48. The quantitative estimate of drug-likeness (QED) is 0.826. The Morgan fingerprint density at radius 1 is 1.26 bits per heavy atom. The smallest absolute Gasteiger partial charge is 0.226 e. The van der Waals surface area contributed by atoms with E-state index in [1.165, 1.54) is 0 Å². The number of rotatable bonds is 7. The minimum absolute atomic E-state index is 0.350. The number of hydrogen-bond donors (Lipinski definition) is 1. The van der Waals surface area contributed by atoms with Crippen molar-refractivity contribution >= 4 is 0 Å². The van der Waals surface area contributed by atoms with E-state index in [9.17, 15) is 5.11 Å². The maximum Gasteiger partial charge on any atom is 0.226 e. The second kappa shape index (κ2) is 6.89. The highest BCUT2D eigenvalue weighted by Gasteiger charge is 2.07. The van der Waals surface area contributed by atoms with Gasteiger partial charge < -0.3 is 14.4 Å². The van der Waals surface area contributed by atoms with Gasteiger partial charge in [0.2, 0.25) is 5.89 Å². The van der Waals surface area contributed by atoms with Gasteiger partial charge in [-0.2, -0.15) is 4.98 Å². The number of para-hydroxylation sites is 1. The molecule has 1 unspecified atom stereocenters. The molecule has 1 heterocycles. The minimum Gasteiger partial charge on any atom is -0.493 e. The Kier molecular flexibility index (Phi) is 4.92. The molecule has 2 aromatic rings. The van der Waals surface area contributed by atoms with Crippen molar-refractivity contribution in [2.75, 3.05) is 6.61 Å². The van der Waals surface area contributed by atoms with Gasteiger partial charge in [0, 0.05) is 12.8 Å². The third kappa shape index (κ3) is 4.71. The molecule has 102 valence electrons. The number of nitrogens with zero attached hydrogens (tertiary/aromatic N) is 2. The topological polar surface area (TPSA) is 68.4 Å². The van der Waals surface area contributed by atoms with Gasteiger partial charge in [-0.25, -0.2) is 0 Å². The second-order valence-corrected chi connectivity index (χ2v) is 4.40. The van der Waals surface area contributed by atoms with Gasteiger partial charge in [0.1, 0.15) is 5.75 Å². The van der Waals surface area contributed by atoms with E-state index in [-0.39, 0.29) is 6.10 Å². The van der Waals surface area contributed by atoms with Crippen molar-refractivity contribution in [3.63, 3.8) is 0 Å². The Morgan fingerprint density at radius 3 is 2.79 bits per heavy atom. The first-order chi connectivity index (χ1) is 9.24. The molecule has 0 aliphatic rings. The van der Waals surface area contributed by atoms with E-state index in [1.807, 2.05) is 30.3 Å². The standard InChI is InChI=1S/C14H18N2O3/c1-11(17)7-8-14-15-13(16-19-14)9-10-18-12-5-3-2-4-6-12/h2-6,11,17H,7-10H2,1H3. The normalized spacial score (nSPS) is 12.3. The zero-order valence-corrected chi connectivity index (χ0v) is 11.0. The van der Waals surface area contributed by atoms with Crippen LogP contribution in [0.1, 0.15) is 25.1 Å². The molecule has 0 saturated heterocycles. The summed E-state index contributed by atoms with van der Waals surface area (Å²) in [6, 6.07) is 9.62. The number of aliphatic hydroxyl groups is 1. The maximum atomic E-state index is 9.18. The molecule has 0 bridgehead atoms. The zero-order chi connectivity index (χ0) is 13.5. The maximum absolute atomic E-state index is 9.18. The molecule has 5 nitrogen and oxygen atoms in total. The first-order valence-electron chi connectivity index (χ1n) is 6.41. The number of benzene rings is 1. The van der Waals surface area contributed by atoms with E-state index in [2.05, 4.69) is 10.1 Å². The van der Waals surface area contributed by atoms with Crippen molar-refractivity contribution in [3.05, 3.63) is 42.0 Å². The lowest BCUT2D eigenvalue weighted by atomic mass is 10.2. The van der Waals surface area contributed by atoms with E-state index in [0.717, 1.165) is 5.75 Å². The zero-order valence-electron chi connectivity index (χ0n) is 11.0. The van der Waals surface area contributed by atoms with E-state index in [1.54, 1.807) is 6.92 Å². The lowest BCUT2D eigenvalue weighted by molar-refractivity contribution is 0.180. The summed E-state index contributed by atoms with van der Waals surface area (Å²) >= 11 is 0. The summed E-state index contributed by atoms with van der Waals surface area (Å²) < 4.78 is 10.6. The Bertz CT molecular complexity index is 482. The van der Waals surface area contributed by atoms with Crippen LogP contribution in [0, 0.1) is 0 Å². The van der Waals surface area contributed by atoms with Crippen LogP contribution in [0.15, 0.2) is 34.9 Å². The van der Waals surface area contributed by atoms with E-state index >= 15 is 0 Å². The summed E-state index contributed by atoms with van der Waals surface area (Å²) in [5, 5.41) is 13.1. The molecule has 0 amide bonds. The minimum atomic E-state index is -0.350. The van der Waals surface area contributed by atoms with E-state index < -0.39 is 0 Å². The summed E-state index contributed by atoms with van der Waals surface area (Å²) in [4.78, 5) is 4.24. The monoisotopic (exact) mass is 262 g/mol. The van der Waals surface area contributed by atoms with Crippen LogP contribution in [0.2, 0.25) is 0 Å². The van der Waals surface area contributed by atoms with Gasteiger partial charge in [-0.05, 0) is 25.5 Å². The average Bonchev–Trinajstić information content (AvgIpc) is 2.86. The Balaban J connectivity index is 1.74. The summed E-state index contributed by atoms with van der Waals surface area (Å²) in [5.41, 5.74) is 0. The number of hydrogen-bond acceptors (Lipinski definition) is 5. The molecule has 2 rings (SSSR count). The van der Waals surface area contributed by atoms with Crippen LogP contribution in [-0.4, -0.2) is 28.0 Å². The SMILES string of the molecule is CC(O)CCc1nc(CCOc2ccccc2)no1. The Hall–Kier alpha value is -1.88. The predicted molar refractivity (Wildman–Crippen MR) is 69.9 cm³/mol. The summed E-state index contributed by atoms with van der Waals surface area (Å²) in [6.45, 7) is 2.25. The molecule has 1 N–H and O–H groups in total. The third-order valence-electron chi connectivity index (χ3n) is 2.62. The molecular weight excluding hydrogens is 244 g/mol. The lowest BCUT2D eigenvalue weighted by Crippen LogP contribution is -2.03. The molecule has 0 saturated carbocycles. The molecule has 1 aromatic carbocycles. The van der Waals surface area contributed by atoms with Crippen molar-refractivity contribution < 1.29 is 14.4 Å². The molecule has 0 aliphatic heterocycles. The molecule has 0 spiro atoms. The van der Waals surface area contributed by atoms with Crippen molar-refractivity contribution in [1.82, 2.24) is 10.1 Å². The molecule has 0 radical (unpaired) electrons. The van der Waals surface area contributed by atoms with Crippen molar-refractivity contribution in [3.8, 4) is 5.75 Å². The lowest BCUT2D eigenvalue weighted by Gasteiger charge is -2.02. The van der Waals surface area contributed by atoms with Crippen LogP contribution in [0.4, 0.5) is 0 Å². The molecular formula is C14H18N2O3. The Morgan fingerprint density at radius 2 is 2.05 bits per heavy atom. The molecule has 19 heavy (non-hydrogen) atoms. The third-order valence-corrected chi connectivity index (χ3v) is 2.62. The van der Waals surface area contributed by atoms with Crippen LogP contribution < -0.4 is 4.74 Å². The Labute approximate surface area is 112 Å². The molecule has 0 aliphatic carbocycles.